The van der Waals surface area contributed by atoms with E-state index in [0.717, 1.165) is 0 Å². The first-order valence-corrected chi connectivity index (χ1v) is 2.20. The second kappa shape index (κ2) is 20.1. The third-order valence-electron chi connectivity index (χ3n) is 0.109. The number of allylic oxidation sites excluding steroid dienone is 1. The van der Waals surface area contributed by atoms with Gasteiger partial charge in [0.2, 0.25) is 0 Å². The van der Waals surface area contributed by atoms with Crippen LogP contribution in [0.2, 0.25) is 0 Å². The molecule has 0 bridgehead atoms. The maximum atomic E-state index is 5.07. The van der Waals surface area contributed by atoms with Crippen LogP contribution in [0.1, 0.15) is 0 Å². The van der Waals surface area contributed by atoms with Gasteiger partial charge in [-0.1, -0.05) is 6.08 Å². The van der Waals surface area contributed by atoms with Crippen LogP contribution in [-0.4, -0.2) is 12.9 Å². The van der Waals surface area contributed by atoms with Gasteiger partial charge < -0.3 is 5.73 Å². The fourth-order valence-electron chi connectivity index (χ4n) is 0. The Hall–Kier alpha value is -0.0100. The molecule has 0 spiro atoms. The summed E-state index contributed by atoms with van der Waals surface area (Å²) < 4.78 is 0. The molecule has 0 fully saturated rings. The van der Waals surface area contributed by atoms with Crippen LogP contribution < -0.4 is 5.73 Å². The van der Waals surface area contributed by atoms with Crippen LogP contribution in [0.25, 0.3) is 0 Å². The Morgan fingerprint density at radius 3 is 2.00 bits per heavy atom. The molecule has 0 aliphatic heterocycles. The Labute approximate surface area is 43.8 Å². The lowest BCUT2D eigenvalue weighted by Gasteiger charge is -1.55. The van der Waals surface area contributed by atoms with E-state index in [1.807, 2.05) is 0 Å². The van der Waals surface area contributed by atoms with Crippen molar-refractivity contribution in [2.45, 2.75) is 0 Å². The smallest absolute Gasteiger partial charge is 0.0401 e. The average molecular weight is 108 g/mol. The predicted octanol–water partition coefficient (Wildman–Crippen LogP) is 0.986. The molecule has 38 valence electrons. The Kier molecular flexibility index (Phi) is 31.3. The van der Waals surface area contributed by atoms with Crippen molar-refractivity contribution in [1.82, 2.24) is 0 Å². The van der Waals surface area contributed by atoms with E-state index in [1.165, 1.54) is 7.05 Å². The average Bonchev–Trinajstić information content (AvgIpc) is 1.72. The zero-order valence-electron chi connectivity index (χ0n) is 3.95. The second-order valence-corrected chi connectivity index (χ2v) is 0.752. The Morgan fingerprint density at radius 2 is 2.00 bits per heavy atom. The maximum absolute atomic E-state index is 5.07. The number of nitrogens with two attached hydrogens (primary N) is 1. The van der Waals surface area contributed by atoms with Crippen molar-refractivity contribution in [3.8, 4) is 0 Å². The van der Waals surface area contributed by atoms with Crippen molar-refractivity contribution in [1.29, 1.82) is 0 Å². The van der Waals surface area contributed by atoms with Gasteiger partial charge in [-0.3, -0.25) is 0 Å². The van der Waals surface area contributed by atoms with E-state index in [2.05, 4.69) is 12.3 Å². The highest BCUT2D eigenvalue weighted by Gasteiger charge is 1.48. The Morgan fingerprint density at radius 1 is 1.83 bits per heavy atom. The van der Waals surface area contributed by atoms with Crippen molar-refractivity contribution in [2.24, 2.45) is 5.73 Å². The van der Waals surface area contributed by atoms with E-state index in [4.69, 9.17) is 11.6 Å². The van der Waals surface area contributed by atoms with E-state index >= 15 is 0 Å². The van der Waals surface area contributed by atoms with Gasteiger partial charge in [-0.25, -0.2) is 0 Å². The molecule has 2 heteroatoms. The Bertz CT molecular complexity index is 21.5. The lowest BCUT2D eigenvalue weighted by Crippen LogP contribution is -1.69. The van der Waals surface area contributed by atoms with Gasteiger partial charge in [0.05, 0.1) is 0 Å². The molecule has 0 unspecified atom stereocenters. The molecule has 0 amide bonds. The molecule has 2 N–H and O–H groups in total. The van der Waals surface area contributed by atoms with Gasteiger partial charge in [-0.15, -0.1) is 18.2 Å². The summed E-state index contributed by atoms with van der Waals surface area (Å²) in [7, 11) is 1.50. The second-order valence-electron chi connectivity index (χ2n) is 0.443. The molecule has 0 aromatic heterocycles. The van der Waals surface area contributed by atoms with Crippen LogP contribution in [0.3, 0.4) is 0 Å². The first kappa shape index (κ1) is 9.37. The summed E-state index contributed by atoms with van der Waals surface area (Å²) >= 11 is 5.07. The van der Waals surface area contributed by atoms with Gasteiger partial charge >= 0.3 is 0 Å². The summed E-state index contributed by atoms with van der Waals surface area (Å²) in [5, 5.41) is 0. The van der Waals surface area contributed by atoms with Gasteiger partial charge in [0, 0.05) is 5.88 Å². The van der Waals surface area contributed by atoms with Crippen molar-refractivity contribution in [2.75, 3.05) is 12.9 Å². The summed E-state index contributed by atoms with van der Waals surface area (Å²) in [5.41, 5.74) is 4.50. The first-order chi connectivity index (χ1) is 2.91. The van der Waals surface area contributed by atoms with Gasteiger partial charge in [0.15, 0.2) is 0 Å². The number of halogens is 1. The van der Waals surface area contributed by atoms with Crippen LogP contribution >= 0.6 is 11.6 Å². The fraction of sp³-hybridized carbons (Fsp3) is 0.500. The highest BCUT2D eigenvalue weighted by molar-refractivity contribution is 6.18. The minimum absolute atomic E-state index is 0.556. The quantitative estimate of drug-likeness (QED) is 0.393. The standard InChI is InChI=1S/C3H5Cl.CH5N/c1-2-3-4;1-2/h2H,1,3H2;2H2,1H3. The molecule has 1 nitrogen and oxygen atoms in total. The zero-order chi connectivity index (χ0) is 5.41. The predicted molar refractivity (Wildman–Crippen MR) is 31.0 cm³/mol. The van der Waals surface area contributed by atoms with E-state index < -0.39 is 0 Å². The van der Waals surface area contributed by atoms with Crippen LogP contribution in [0, 0.1) is 0 Å². The summed E-state index contributed by atoms with van der Waals surface area (Å²) in [6.07, 6.45) is 1.64. The summed E-state index contributed by atoms with van der Waals surface area (Å²) in [4.78, 5) is 0. The minimum Gasteiger partial charge on any atom is -0.333 e. The molecule has 0 aromatic rings. The molecule has 0 heterocycles. The topological polar surface area (TPSA) is 26.0 Å². The Balaban J connectivity index is 0. The molecule has 0 radical (unpaired) electrons. The summed E-state index contributed by atoms with van der Waals surface area (Å²) in [6, 6.07) is 0. The number of rotatable bonds is 1. The normalized spacial score (nSPS) is 5.17. The van der Waals surface area contributed by atoms with Gasteiger partial charge in [0.25, 0.3) is 0 Å². The molecule has 6 heavy (non-hydrogen) atoms. The number of hydrogen-bond acceptors (Lipinski definition) is 1. The number of alkyl halides is 1. The van der Waals surface area contributed by atoms with E-state index in [0.29, 0.717) is 5.88 Å². The third kappa shape index (κ3) is 36.4. The van der Waals surface area contributed by atoms with E-state index in [-0.39, 0.29) is 0 Å². The van der Waals surface area contributed by atoms with Gasteiger partial charge in [0.1, 0.15) is 0 Å². The highest BCUT2D eigenvalue weighted by Crippen LogP contribution is 1.67. The van der Waals surface area contributed by atoms with Gasteiger partial charge in [-0.05, 0) is 7.05 Å². The molecule has 0 saturated heterocycles. The molecular weight excluding hydrogens is 97.5 g/mol. The molecule has 0 aliphatic rings. The van der Waals surface area contributed by atoms with E-state index in [9.17, 15) is 0 Å². The molecular formula is C4H10ClN. The molecule has 0 aromatic carbocycles. The maximum Gasteiger partial charge on any atom is 0.0401 e. The largest absolute Gasteiger partial charge is 0.333 e. The fourth-order valence-corrected chi connectivity index (χ4v) is 0. The summed E-state index contributed by atoms with van der Waals surface area (Å²) in [6.45, 7) is 3.35. The van der Waals surface area contributed by atoms with Crippen molar-refractivity contribution < 1.29 is 0 Å². The van der Waals surface area contributed by atoms with Crippen LogP contribution in [0.15, 0.2) is 12.7 Å². The van der Waals surface area contributed by atoms with Crippen molar-refractivity contribution in [3.05, 3.63) is 12.7 Å². The van der Waals surface area contributed by atoms with Crippen LogP contribution in [0.4, 0.5) is 0 Å². The monoisotopic (exact) mass is 107 g/mol. The lowest BCUT2D eigenvalue weighted by atomic mass is 10.8. The molecule has 0 atom stereocenters. The van der Waals surface area contributed by atoms with Crippen LogP contribution in [0.5, 0.6) is 0 Å². The lowest BCUT2D eigenvalue weighted by molar-refractivity contribution is 1.48. The third-order valence-corrected chi connectivity index (χ3v) is 0.327. The number of hydrogen-bond donors (Lipinski definition) is 1. The highest BCUT2D eigenvalue weighted by atomic mass is 35.5. The van der Waals surface area contributed by atoms with Crippen molar-refractivity contribution >= 4 is 11.6 Å². The molecule has 0 rings (SSSR count). The van der Waals surface area contributed by atoms with Gasteiger partial charge in [-0.2, -0.15) is 0 Å². The summed E-state index contributed by atoms with van der Waals surface area (Å²) in [5.74, 6) is 0.556. The van der Waals surface area contributed by atoms with Crippen molar-refractivity contribution in [3.63, 3.8) is 0 Å². The van der Waals surface area contributed by atoms with Crippen LogP contribution in [-0.2, 0) is 0 Å². The SMILES string of the molecule is C=CCCl.CN. The first-order valence-electron chi connectivity index (χ1n) is 1.66. The minimum atomic E-state index is 0.556. The molecule has 0 saturated carbocycles. The zero-order valence-corrected chi connectivity index (χ0v) is 4.70. The van der Waals surface area contributed by atoms with E-state index in [1.54, 1.807) is 6.08 Å². The molecule has 0 aliphatic carbocycles.